The van der Waals surface area contributed by atoms with E-state index in [0.717, 1.165) is 4.73 Å². The molecule has 98 valence electrons. The number of halogens is 2. The van der Waals surface area contributed by atoms with Crippen LogP contribution in [0.2, 0.25) is 0 Å². The van der Waals surface area contributed by atoms with Crippen LogP contribution in [0.5, 0.6) is 0 Å². The van der Waals surface area contributed by atoms with Gasteiger partial charge in [0.05, 0.1) is 11.6 Å². The number of carbonyl (C=O) groups is 1. The quantitative estimate of drug-likeness (QED) is 0.808. The van der Waals surface area contributed by atoms with Crippen LogP contribution >= 0.6 is 23.2 Å². The molecule has 18 heavy (non-hydrogen) atoms. The lowest BCUT2D eigenvalue weighted by Crippen LogP contribution is -2.22. The number of nitrogens with zero attached hydrogens (tertiary/aromatic N) is 2. The third-order valence-corrected chi connectivity index (χ3v) is 2.30. The van der Waals surface area contributed by atoms with Crippen molar-refractivity contribution in [2.24, 2.45) is 10.4 Å². The number of pyridine rings is 1. The molecule has 0 radical (unpaired) electrons. The molecule has 0 fully saturated rings. The first kappa shape index (κ1) is 14.8. The van der Waals surface area contributed by atoms with E-state index in [1.165, 1.54) is 24.5 Å². The van der Waals surface area contributed by atoms with Gasteiger partial charge in [0, 0.05) is 17.2 Å². The summed E-state index contributed by atoms with van der Waals surface area (Å²) in [6.45, 7) is 5.33. The summed E-state index contributed by atoms with van der Waals surface area (Å²) in [6.07, 6.45) is 4.14. The van der Waals surface area contributed by atoms with Crippen LogP contribution in [0.15, 0.2) is 27.9 Å². The molecule has 0 atom stereocenters. The summed E-state index contributed by atoms with van der Waals surface area (Å²) in [5.74, 6) is -0.265. The Balaban J connectivity index is 3.37. The van der Waals surface area contributed by atoms with Crippen LogP contribution in [0.25, 0.3) is 6.08 Å². The van der Waals surface area contributed by atoms with Gasteiger partial charge in [-0.1, -0.05) is 44.0 Å². The molecule has 1 heterocycles. The summed E-state index contributed by atoms with van der Waals surface area (Å²) >= 11 is 11.1. The van der Waals surface area contributed by atoms with Crippen molar-refractivity contribution in [2.45, 2.75) is 20.8 Å². The zero-order valence-electron chi connectivity index (χ0n) is 10.3. The molecular formula is C12H14Cl2N2O2. The molecule has 0 unspecified atom stereocenters. The van der Waals surface area contributed by atoms with E-state index in [9.17, 15) is 10.0 Å². The molecule has 1 N–H and O–H groups in total. The predicted octanol–water partition coefficient (Wildman–Crippen LogP) is 2.97. The Bertz CT molecular complexity index is 550. The average Bonchev–Trinajstić information content (AvgIpc) is 2.19. The topological polar surface area (TPSA) is 54.6 Å². The molecule has 1 rings (SSSR count). The van der Waals surface area contributed by atoms with Gasteiger partial charge in [0.1, 0.15) is 4.49 Å². The van der Waals surface area contributed by atoms with Gasteiger partial charge in [0.25, 0.3) is 5.91 Å². The van der Waals surface area contributed by atoms with Gasteiger partial charge in [-0.05, 0) is 12.1 Å². The van der Waals surface area contributed by atoms with Crippen molar-refractivity contribution in [1.82, 2.24) is 4.73 Å². The number of aromatic nitrogens is 1. The van der Waals surface area contributed by atoms with Gasteiger partial charge in [-0.15, -0.1) is 0 Å². The highest BCUT2D eigenvalue weighted by Gasteiger charge is 2.20. The van der Waals surface area contributed by atoms with Crippen molar-refractivity contribution in [1.29, 1.82) is 0 Å². The maximum atomic E-state index is 11.8. The molecule has 0 aromatic carbocycles. The lowest BCUT2D eigenvalue weighted by atomic mass is 9.96. The second-order valence-electron chi connectivity index (χ2n) is 4.77. The fourth-order valence-corrected chi connectivity index (χ4v) is 1.34. The summed E-state index contributed by atoms with van der Waals surface area (Å²) in [5.41, 5.74) is -0.117. The van der Waals surface area contributed by atoms with Crippen molar-refractivity contribution >= 4 is 35.2 Å². The maximum absolute atomic E-state index is 11.8. The Morgan fingerprint density at radius 1 is 1.44 bits per heavy atom. The minimum Gasteiger partial charge on any atom is -0.429 e. The minimum atomic E-state index is -0.573. The summed E-state index contributed by atoms with van der Waals surface area (Å²) in [4.78, 5) is 15.8. The number of carbonyl (C=O) groups excluding carboxylic acids is 1. The lowest BCUT2D eigenvalue weighted by molar-refractivity contribution is -0.125. The monoisotopic (exact) mass is 288 g/mol. The number of amides is 1. The molecule has 0 spiro atoms. The van der Waals surface area contributed by atoms with E-state index in [0.29, 0.717) is 10.9 Å². The van der Waals surface area contributed by atoms with Crippen LogP contribution in [0.3, 0.4) is 0 Å². The van der Waals surface area contributed by atoms with Crippen molar-refractivity contribution in [3.05, 3.63) is 33.9 Å². The van der Waals surface area contributed by atoms with Gasteiger partial charge in [0.15, 0.2) is 0 Å². The summed E-state index contributed by atoms with van der Waals surface area (Å²) < 4.78 is 0.851. The van der Waals surface area contributed by atoms with Crippen LogP contribution in [-0.2, 0) is 4.79 Å². The lowest BCUT2D eigenvalue weighted by Gasteiger charge is -2.12. The number of hydrogen-bond donors (Lipinski definition) is 1. The largest absolute Gasteiger partial charge is 0.429 e. The van der Waals surface area contributed by atoms with Crippen molar-refractivity contribution in [3.8, 4) is 0 Å². The third kappa shape index (κ3) is 4.20. The van der Waals surface area contributed by atoms with E-state index in [2.05, 4.69) is 4.99 Å². The molecule has 0 saturated heterocycles. The number of rotatable bonds is 1. The van der Waals surface area contributed by atoms with Gasteiger partial charge in [-0.3, -0.25) is 4.79 Å². The molecule has 0 saturated carbocycles. The van der Waals surface area contributed by atoms with Crippen LogP contribution in [-0.4, -0.2) is 15.8 Å². The van der Waals surface area contributed by atoms with E-state index in [-0.39, 0.29) is 10.4 Å². The minimum absolute atomic E-state index is 0.0147. The molecule has 1 amide bonds. The molecule has 0 aliphatic heterocycles. The molecule has 4 nitrogen and oxygen atoms in total. The average molecular weight is 289 g/mol. The Morgan fingerprint density at radius 2 is 2.06 bits per heavy atom. The molecule has 6 heteroatoms. The van der Waals surface area contributed by atoms with Crippen LogP contribution in [0.1, 0.15) is 26.3 Å². The van der Waals surface area contributed by atoms with E-state index < -0.39 is 5.41 Å². The van der Waals surface area contributed by atoms with E-state index in [1.54, 1.807) is 20.8 Å². The molecule has 0 aliphatic carbocycles. The Morgan fingerprint density at radius 3 is 2.56 bits per heavy atom. The van der Waals surface area contributed by atoms with Crippen LogP contribution < -0.4 is 5.36 Å². The van der Waals surface area contributed by atoms with Crippen molar-refractivity contribution < 1.29 is 10.0 Å². The first-order valence-corrected chi connectivity index (χ1v) is 5.99. The molecule has 1 aromatic heterocycles. The molecule has 1 aromatic rings. The summed E-state index contributed by atoms with van der Waals surface area (Å²) in [7, 11) is 0. The fourth-order valence-electron chi connectivity index (χ4n) is 1.10. The second kappa shape index (κ2) is 5.59. The summed E-state index contributed by atoms with van der Waals surface area (Å²) in [6, 6.07) is 1.51. The highest BCUT2D eigenvalue weighted by Crippen LogP contribution is 2.15. The van der Waals surface area contributed by atoms with Crippen LogP contribution in [0.4, 0.5) is 0 Å². The van der Waals surface area contributed by atoms with E-state index in [4.69, 9.17) is 23.2 Å². The first-order valence-electron chi connectivity index (χ1n) is 5.23. The predicted molar refractivity (Wildman–Crippen MR) is 71.3 cm³/mol. The summed E-state index contributed by atoms with van der Waals surface area (Å²) in [5, 5.41) is 9.72. The van der Waals surface area contributed by atoms with Gasteiger partial charge < -0.3 is 5.21 Å². The number of hydrogen-bond acceptors (Lipinski definition) is 2. The highest BCUT2D eigenvalue weighted by atomic mass is 35.5. The maximum Gasteiger partial charge on any atom is 0.251 e. The van der Waals surface area contributed by atoms with E-state index in [1.807, 2.05) is 0 Å². The van der Waals surface area contributed by atoms with Gasteiger partial charge >= 0.3 is 0 Å². The Labute approximate surface area is 115 Å². The molecular weight excluding hydrogens is 275 g/mol. The SMILES string of the molecule is CC(C)(C)C(=O)N=c1ccn(O)cc1C=C(Cl)Cl. The van der Waals surface area contributed by atoms with Crippen LogP contribution in [0, 0.1) is 5.41 Å². The molecule has 0 bridgehead atoms. The Hall–Kier alpha value is -1.26. The zero-order valence-corrected chi connectivity index (χ0v) is 11.8. The zero-order chi connectivity index (χ0) is 13.9. The van der Waals surface area contributed by atoms with Crippen molar-refractivity contribution in [2.75, 3.05) is 0 Å². The standard InChI is InChI=1S/C12H14Cl2N2O2/c1-12(2,3)11(17)15-9-4-5-16(18)7-8(9)6-10(13)14/h4-7,18H,1-3H3. The van der Waals surface area contributed by atoms with Gasteiger partial charge in [-0.2, -0.15) is 0 Å². The normalized spacial score (nSPS) is 12.4. The third-order valence-electron chi connectivity index (χ3n) is 2.08. The second-order valence-corrected chi connectivity index (χ2v) is 5.77. The molecule has 0 aliphatic rings. The van der Waals surface area contributed by atoms with Gasteiger partial charge in [0.2, 0.25) is 0 Å². The van der Waals surface area contributed by atoms with E-state index >= 15 is 0 Å². The first-order chi connectivity index (χ1) is 8.20. The fraction of sp³-hybridized carbons (Fsp3) is 0.333. The highest BCUT2D eigenvalue weighted by molar-refractivity contribution is 6.57. The van der Waals surface area contributed by atoms with Gasteiger partial charge in [-0.25, -0.2) is 9.72 Å². The van der Waals surface area contributed by atoms with Crippen molar-refractivity contribution in [3.63, 3.8) is 0 Å². The Kier molecular flexibility index (Phi) is 4.59. The smallest absolute Gasteiger partial charge is 0.251 e.